The predicted molar refractivity (Wildman–Crippen MR) is 71.6 cm³/mol. The molecule has 0 aliphatic rings. The number of hydrogen-bond acceptors (Lipinski definition) is 4. The van der Waals surface area contributed by atoms with Crippen LogP contribution >= 0.6 is 11.3 Å². The number of methoxy groups -OCH3 is 1. The Morgan fingerprint density at radius 1 is 1.25 bits per heavy atom. The SMILES string of the molecule is COC(=O)c1cc(Oc2c(C)cc(F)c(F)c2C)cs1. The van der Waals surface area contributed by atoms with Gasteiger partial charge in [0.2, 0.25) is 0 Å². The summed E-state index contributed by atoms with van der Waals surface area (Å²) in [5.41, 5.74) is 0.570. The minimum atomic E-state index is -0.936. The number of carbonyl (C=O) groups is 1. The van der Waals surface area contributed by atoms with Gasteiger partial charge in [-0.2, -0.15) is 0 Å². The molecule has 1 heterocycles. The van der Waals surface area contributed by atoms with Gasteiger partial charge in [0.05, 0.1) is 7.11 Å². The number of hydrogen-bond donors (Lipinski definition) is 0. The number of halogens is 2. The summed E-state index contributed by atoms with van der Waals surface area (Å²) in [7, 11) is 1.28. The Balaban J connectivity index is 2.33. The number of carbonyl (C=O) groups excluding carboxylic acids is 1. The molecule has 0 saturated heterocycles. The summed E-state index contributed by atoms with van der Waals surface area (Å²) in [6, 6.07) is 2.57. The highest BCUT2D eigenvalue weighted by Crippen LogP contribution is 2.33. The zero-order valence-corrected chi connectivity index (χ0v) is 11.9. The highest BCUT2D eigenvalue weighted by Gasteiger charge is 2.16. The smallest absolute Gasteiger partial charge is 0.348 e. The molecule has 0 amide bonds. The lowest BCUT2D eigenvalue weighted by Crippen LogP contribution is -1.98. The monoisotopic (exact) mass is 298 g/mol. The second kappa shape index (κ2) is 5.58. The van der Waals surface area contributed by atoms with E-state index in [0.717, 1.165) is 17.4 Å². The molecule has 0 saturated carbocycles. The molecule has 2 aromatic rings. The summed E-state index contributed by atoms with van der Waals surface area (Å²) in [6.45, 7) is 3.06. The molecule has 0 atom stereocenters. The summed E-state index contributed by atoms with van der Waals surface area (Å²) < 4.78 is 36.9. The van der Waals surface area contributed by atoms with Crippen LogP contribution in [0.1, 0.15) is 20.8 Å². The maximum absolute atomic E-state index is 13.5. The van der Waals surface area contributed by atoms with E-state index in [1.807, 2.05) is 0 Å². The molecule has 0 aliphatic heterocycles. The van der Waals surface area contributed by atoms with Crippen molar-refractivity contribution in [3.05, 3.63) is 45.2 Å². The number of benzene rings is 1. The number of ether oxygens (including phenoxy) is 2. The minimum absolute atomic E-state index is 0.0910. The molecule has 1 aromatic heterocycles. The lowest BCUT2D eigenvalue weighted by molar-refractivity contribution is 0.0606. The van der Waals surface area contributed by atoms with Crippen LogP contribution in [0.4, 0.5) is 8.78 Å². The molecule has 0 spiro atoms. The minimum Gasteiger partial charge on any atom is -0.465 e. The second-order valence-corrected chi connectivity index (χ2v) is 5.09. The van der Waals surface area contributed by atoms with Gasteiger partial charge in [0, 0.05) is 17.0 Å². The number of thiophene rings is 1. The molecule has 2 rings (SSSR count). The van der Waals surface area contributed by atoms with E-state index in [9.17, 15) is 13.6 Å². The van der Waals surface area contributed by atoms with Gasteiger partial charge in [0.25, 0.3) is 0 Å². The van der Waals surface area contributed by atoms with Crippen LogP contribution < -0.4 is 4.74 Å². The number of rotatable bonds is 3. The van der Waals surface area contributed by atoms with Gasteiger partial charge in [-0.1, -0.05) is 0 Å². The normalized spacial score (nSPS) is 10.4. The van der Waals surface area contributed by atoms with E-state index in [2.05, 4.69) is 4.74 Å². The molecule has 0 aliphatic carbocycles. The third-order valence-electron chi connectivity index (χ3n) is 2.76. The van der Waals surface area contributed by atoms with Gasteiger partial charge in [-0.25, -0.2) is 13.6 Å². The van der Waals surface area contributed by atoms with Crippen LogP contribution in [0.3, 0.4) is 0 Å². The molecular formula is C14H12F2O3S. The fourth-order valence-electron chi connectivity index (χ4n) is 1.75. The molecule has 3 nitrogen and oxygen atoms in total. The van der Waals surface area contributed by atoms with Crippen LogP contribution in [0.25, 0.3) is 0 Å². The van der Waals surface area contributed by atoms with Gasteiger partial charge < -0.3 is 9.47 Å². The molecule has 0 bridgehead atoms. The molecule has 6 heteroatoms. The predicted octanol–water partition coefficient (Wildman–Crippen LogP) is 4.22. The van der Waals surface area contributed by atoms with E-state index in [0.29, 0.717) is 16.2 Å². The van der Waals surface area contributed by atoms with Crippen LogP contribution in [-0.4, -0.2) is 13.1 Å². The van der Waals surface area contributed by atoms with Crippen molar-refractivity contribution in [2.24, 2.45) is 0 Å². The van der Waals surface area contributed by atoms with Crippen LogP contribution in [0.5, 0.6) is 11.5 Å². The molecule has 0 fully saturated rings. The van der Waals surface area contributed by atoms with Crippen molar-refractivity contribution in [3.63, 3.8) is 0 Å². The molecule has 0 unspecified atom stereocenters. The Bertz CT molecular complexity index is 665. The van der Waals surface area contributed by atoms with Crippen LogP contribution in [0, 0.1) is 25.5 Å². The van der Waals surface area contributed by atoms with E-state index >= 15 is 0 Å². The number of esters is 1. The third-order valence-corrected chi connectivity index (χ3v) is 3.65. The van der Waals surface area contributed by atoms with E-state index in [1.54, 1.807) is 12.3 Å². The zero-order chi connectivity index (χ0) is 14.9. The first kappa shape index (κ1) is 14.5. The van der Waals surface area contributed by atoms with Crippen molar-refractivity contribution in [3.8, 4) is 11.5 Å². The highest BCUT2D eigenvalue weighted by atomic mass is 32.1. The van der Waals surface area contributed by atoms with Crippen molar-refractivity contribution in [2.45, 2.75) is 13.8 Å². The van der Waals surface area contributed by atoms with E-state index < -0.39 is 17.6 Å². The maximum atomic E-state index is 13.5. The summed E-state index contributed by atoms with van der Waals surface area (Å²) >= 11 is 1.15. The van der Waals surface area contributed by atoms with Gasteiger partial charge >= 0.3 is 5.97 Å². The van der Waals surface area contributed by atoms with E-state index in [1.165, 1.54) is 20.1 Å². The highest BCUT2D eigenvalue weighted by molar-refractivity contribution is 7.12. The van der Waals surface area contributed by atoms with Crippen molar-refractivity contribution in [2.75, 3.05) is 7.11 Å². The molecule has 106 valence electrons. The van der Waals surface area contributed by atoms with Gasteiger partial charge in [0.1, 0.15) is 16.4 Å². The first-order chi connectivity index (χ1) is 9.43. The summed E-state index contributed by atoms with van der Waals surface area (Å²) in [6.07, 6.45) is 0. The molecular weight excluding hydrogens is 286 g/mol. The average Bonchev–Trinajstić information content (AvgIpc) is 2.89. The van der Waals surface area contributed by atoms with Gasteiger partial charge in [-0.05, 0) is 25.5 Å². The van der Waals surface area contributed by atoms with Gasteiger partial charge in [-0.15, -0.1) is 11.3 Å². The van der Waals surface area contributed by atoms with Gasteiger partial charge in [0.15, 0.2) is 11.6 Å². The Hall–Kier alpha value is -1.95. The van der Waals surface area contributed by atoms with Crippen LogP contribution in [0.15, 0.2) is 17.5 Å². The van der Waals surface area contributed by atoms with Crippen molar-refractivity contribution < 1.29 is 23.0 Å². The Morgan fingerprint density at radius 3 is 2.60 bits per heavy atom. The zero-order valence-electron chi connectivity index (χ0n) is 11.1. The Labute approximate surface area is 118 Å². The lowest BCUT2D eigenvalue weighted by atomic mass is 10.1. The number of aryl methyl sites for hydroxylation is 1. The lowest BCUT2D eigenvalue weighted by Gasteiger charge is -2.11. The Kier molecular flexibility index (Phi) is 4.04. The fraction of sp³-hybridized carbons (Fsp3) is 0.214. The first-order valence-corrected chi connectivity index (χ1v) is 6.62. The third kappa shape index (κ3) is 2.65. The Morgan fingerprint density at radius 2 is 1.95 bits per heavy atom. The summed E-state index contributed by atoms with van der Waals surface area (Å²) in [5.74, 6) is -1.68. The van der Waals surface area contributed by atoms with Crippen LogP contribution in [0.2, 0.25) is 0 Å². The van der Waals surface area contributed by atoms with E-state index in [-0.39, 0.29) is 11.3 Å². The largest absolute Gasteiger partial charge is 0.465 e. The van der Waals surface area contributed by atoms with Gasteiger partial charge in [-0.3, -0.25) is 0 Å². The maximum Gasteiger partial charge on any atom is 0.348 e. The second-order valence-electron chi connectivity index (χ2n) is 4.18. The molecule has 1 aromatic carbocycles. The summed E-state index contributed by atoms with van der Waals surface area (Å²) in [4.78, 5) is 11.7. The molecule has 0 radical (unpaired) electrons. The van der Waals surface area contributed by atoms with Crippen molar-refractivity contribution in [1.82, 2.24) is 0 Å². The van der Waals surface area contributed by atoms with Crippen molar-refractivity contribution in [1.29, 1.82) is 0 Å². The molecule has 20 heavy (non-hydrogen) atoms. The average molecular weight is 298 g/mol. The standard InChI is InChI=1S/C14H12F2O3S/c1-7-4-10(15)12(16)8(2)13(7)19-9-5-11(20-6-9)14(17)18-3/h4-6H,1-3H3. The fourth-order valence-corrected chi connectivity index (χ4v) is 2.47. The first-order valence-electron chi connectivity index (χ1n) is 5.74. The topological polar surface area (TPSA) is 35.5 Å². The molecule has 0 N–H and O–H groups in total. The van der Waals surface area contributed by atoms with Crippen molar-refractivity contribution >= 4 is 17.3 Å². The van der Waals surface area contributed by atoms with E-state index in [4.69, 9.17) is 4.74 Å². The van der Waals surface area contributed by atoms with Crippen LogP contribution in [-0.2, 0) is 4.74 Å². The quantitative estimate of drug-likeness (QED) is 0.796. The summed E-state index contributed by atoms with van der Waals surface area (Å²) in [5, 5.41) is 1.60.